The summed E-state index contributed by atoms with van der Waals surface area (Å²) in [5, 5.41) is 4.59. The number of nitrogens with zero attached hydrogens (tertiary/aromatic N) is 4. The second-order valence-corrected chi connectivity index (χ2v) is 4.72. The van der Waals surface area contributed by atoms with E-state index in [2.05, 4.69) is 22.0 Å². The minimum Gasteiger partial charge on any atom is -0.337 e. The van der Waals surface area contributed by atoms with Crippen molar-refractivity contribution >= 4 is 11.6 Å². The highest BCUT2D eigenvalue weighted by molar-refractivity contribution is 6.33. The molecule has 0 aliphatic heterocycles. The van der Waals surface area contributed by atoms with E-state index in [4.69, 9.17) is 16.1 Å². The van der Waals surface area contributed by atoms with E-state index in [1.54, 1.807) is 12.3 Å². The van der Waals surface area contributed by atoms with Gasteiger partial charge >= 0.3 is 0 Å². The normalized spacial score (nSPS) is 10.9. The van der Waals surface area contributed by atoms with Crippen molar-refractivity contribution in [1.82, 2.24) is 19.7 Å². The highest BCUT2D eigenvalue weighted by atomic mass is 35.5. The standard InChI is InChI=1S/C14H13ClN4O/c1-2-12-16-7-8-19(12)9-13-17-14(18-20-13)10-5-3-4-6-11(10)15/h3-8H,2,9H2,1H3. The van der Waals surface area contributed by atoms with Gasteiger partial charge in [-0.15, -0.1) is 0 Å². The predicted octanol–water partition coefficient (Wildman–Crippen LogP) is 3.20. The largest absolute Gasteiger partial charge is 0.337 e. The molecule has 5 nitrogen and oxygen atoms in total. The highest BCUT2D eigenvalue weighted by Gasteiger charge is 2.12. The van der Waals surface area contributed by atoms with Crippen molar-refractivity contribution in [3.63, 3.8) is 0 Å². The maximum Gasteiger partial charge on any atom is 0.246 e. The number of rotatable bonds is 4. The highest BCUT2D eigenvalue weighted by Crippen LogP contribution is 2.24. The van der Waals surface area contributed by atoms with E-state index in [0.717, 1.165) is 17.8 Å². The van der Waals surface area contributed by atoms with E-state index >= 15 is 0 Å². The summed E-state index contributed by atoms with van der Waals surface area (Å²) in [6.45, 7) is 2.57. The molecule has 0 amide bonds. The number of benzene rings is 1. The molecule has 2 heterocycles. The van der Waals surface area contributed by atoms with Crippen molar-refractivity contribution in [2.24, 2.45) is 0 Å². The van der Waals surface area contributed by atoms with Crippen LogP contribution in [0.3, 0.4) is 0 Å². The van der Waals surface area contributed by atoms with E-state index in [1.165, 1.54) is 0 Å². The lowest BCUT2D eigenvalue weighted by Gasteiger charge is -2.01. The van der Waals surface area contributed by atoms with Crippen LogP contribution >= 0.6 is 11.6 Å². The van der Waals surface area contributed by atoms with Crippen LogP contribution in [0.15, 0.2) is 41.2 Å². The SMILES string of the molecule is CCc1nccn1Cc1nc(-c2ccccc2Cl)no1. The summed E-state index contributed by atoms with van der Waals surface area (Å²) in [5.74, 6) is 2.03. The first kappa shape index (κ1) is 12.9. The van der Waals surface area contributed by atoms with Gasteiger partial charge in [-0.05, 0) is 12.1 Å². The summed E-state index contributed by atoms with van der Waals surface area (Å²) in [7, 11) is 0. The molecular weight excluding hydrogens is 276 g/mol. The van der Waals surface area contributed by atoms with Crippen LogP contribution in [-0.2, 0) is 13.0 Å². The monoisotopic (exact) mass is 288 g/mol. The van der Waals surface area contributed by atoms with E-state index in [9.17, 15) is 0 Å². The Hall–Kier alpha value is -2.14. The number of aromatic nitrogens is 4. The molecule has 6 heteroatoms. The number of hydrogen-bond acceptors (Lipinski definition) is 4. The third-order valence-electron chi connectivity index (χ3n) is 3.01. The Balaban J connectivity index is 1.86. The minimum atomic E-state index is 0.503. The lowest BCUT2D eigenvalue weighted by atomic mass is 10.2. The van der Waals surface area contributed by atoms with E-state index < -0.39 is 0 Å². The van der Waals surface area contributed by atoms with Crippen molar-refractivity contribution in [3.8, 4) is 11.4 Å². The van der Waals surface area contributed by atoms with Gasteiger partial charge in [-0.3, -0.25) is 0 Å². The van der Waals surface area contributed by atoms with Crippen LogP contribution in [0.5, 0.6) is 0 Å². The van der Waals surface area contributed by atoms with Crippen LogP contribution in [0.2, 0.25) is 5.02 Å². The van der Waals surface area contributed by atoms with Gasteiger partial charge in [-0.25, -0.2) is 4.98 Å². The van der Waals surface area contributed by atoms with Crippen molar-refractivity contribution in [1.29, 1.82) is 0 Å². The topological polar surface area (TPSA) is 56.7 Å². The van der Waals surface area contributed by atoms with Crippen LogP contribution in [0.4, 0.5) is 0 Å². The van der Waals surface area contributed by atoms with Gasteiger partial charge in [0.15, 0.2) is 0 Å². The fourth-order valence-electron chi connectivity index (χ4n) is 2.02. The van der Waals surface area contributed by atoms with Crippen LogP contribution < -0.4 is 0 Å². The fraction of sp³-hybridized carbons (Fsp3) is 0.214. The molecule has 3 aromatic rings. The van der Waals surface area contributed by atoms with Crippen molar-refractivity contribution < 1.29 is 4.52 Å². The summed E-state index contributed by atoms with van der Waals surface area (Å²) in [6.07, 6.45) is 4.53. The summed E-state index contributed by atoms with van der Waals surface area (Å²) >= 11 is 6.12. The Labute approximate surface area is 121 Å². The van der Waals surface area contributed by atoms with Crippen molar-refractivity contribution in [2.75, 3.05) is 0 Å². The Kier molecular flexibility index (Phi) is 3.52. The van der Waals surface area contributed by atoms with Crippen molar-refractivity contribution in [2.45, 2.75) is 19.9 Å². The molecule has 0 bridgehead atoms. The van der Waals surface area contributed by atoms with Gasteiger partial charge in [-0.1, -0.05) is 35.8 Å². The summed E-state index contributed by atoms with van der Waals surface area (Å²) in [6, 6.07) is 7.43. The molecule has 0 unspecified atom stereocenters. The molecule has 1 aromatic carbocycles. The maximum atomic E-state index is 6.12. The van der Waals surface area contributed by atoms with Gasteiger partial charge in [0, 0.05) is 24.4 Å². The van der Waals surface area contributed by atoms with Gasteiger partial charge in [0.25, 0.3) is 0 Å². The van der Waals surface area contributed by atoms with Crippen molar-refractivity contribution in [3.05, 3.63) is 53.4 Å². The number of imidazole rings is 1. The predicted molar refractivity (Wildman–Crippen MR) is 75.5 cm³/mol. The molecule has 0 atom stereocenters. The molecule has 0 spiro atoms. The van der Waals surface area contributed by atoms with Crippen LogP contribution in [-0.4, -0.2) is 19.7 Å². The third kappa shape index (κ3) is 2.44. The quantitative estimate of drug-likeness (QED) is 0.740. The third-order valence-corrected chi connectivity index (χ3v) is 3.34. The molecular formula is C14H13ClN4O. The van der Waals surface area contributed by atoms with Crippen LogP contribution in [0.25, 0.3) is 11.4 Å². The van der Waals surface area contributed by atoms with Gasteiger partial charge < -0.3 is 9.09 Å². The molecule has 0 N–H and O–H groups in total. The zero-order chi connectivity index (χ0) is 13.9. The number of halogens is 1. The number of aryl methyl sites for hydroxylation is 1. The molecule has 0 fully saturated rings. The summed E-state index contributed by atoms with van der Waals surface area (Å²) < 4.78 is 7.27. The Morgan fingerprint density at radius 2 is 2.15 bits per heavy atom. The smallest absolute Gasteiger partial charge is 0.246 e. The first-order chi connectivity index (χ1) is 9.78. The fourth-order valence-corrected chi connectivity index (χ4v) is 2.24. The van der Waals surface area contributed by atoms with Gasteiger partial charge in [0.05, 0.1) is 5.02 Å². The molecule has 0 saturated heterocycles. The molecule has 0 saturated carbocycles. The molecule has 102 valence electrons. The van der Waals surface area contributed by atoms with Crippen LogP contribution in [0.1, 0.15) is 18.6 Å². The first-order valence-electron chi connectivity index (χ1n) is 6.35. The van der Waals surface area contributed by atoms with Gasteiger partial charge in [0.1, 0.15) is 12.4 Å². The Morgan fingerprint density at radius 3 is 2.95 bits per heavy atom. The molecule has 20 heavy (non-hydrogen) atoms. The molecule has 0 aliphatic carbocycles. The van der Waals surface area contributed by atoms with E-state index in [-0.39, 0.29) is 0 Å². The lowest BCUT2D eigenvalue weighted by Crippen LogP contribution is -2.03. The Bertz CT molecular complexity index is 719. The molecule has 0 aliphatic rings. The molecule has 0 radical (unpaired) electrons. The van der Waals surface area contributed by atoms with Gasteiger partial charge in [0.2, 0.25) is 11.7 Å². The van der Waals surface area contributed by atoms with Crippen LogP contribution in [0, 0.1) is 0 Å². The first-order valence-corrected chi connectivity index (χ1v) is 6.73. The average Bonchev–Trinajstić information content (AvgIpc) is 3.09. The number of hydrogen-bond donors (Lipinski definition) is 0. The second-order valence-electron chi connectivity index (χ2n) is 4.32. The zero-order valence-electron chi connectivity index (χ0n) is 11.0. The average molecular weight is 289 g/mol. The molecule has 2 aromatic heterocycles. The van der Waals surface area contributed by atoms with E-state index in [1.807, 2.05) is 29.0 Å². The summed E-state index contributed by atoms with van der Waals surface area (Å²) in [5.41, 5.74) is 0.769. The summed E-state index contributed by atoms with van der Waals surface area (Å²) in [4.78, 5) is 8.64. The lowest BCUT2D eigenvalue weighted by molar-refractivity contribution is 0.370. The minimum absolute atomic E-state index is 0.503. The Morgan fingerprint density at radius 1 is 1.30 bits per heavy atom. The zero-order valence-corrected chi connectivity index (χ0v) is 11.7. The maximum absolute atomic E-state index is 6.12. The van der Waals surface area contributed by atoms with Gasteiger partial charge in [-0.2, -0.15) is 4.98 Å². The molecule has 3 rings (SSSR count). The van der Waals surface area contributed by atoms with E-state index in [0.29, 0.717) is 23.3 Å². The second kappa shape index (κ2) is 5.46.